The first-order valence-corrected chi connectivity index (χ1v) is 7.15. The average Bonchev–Trinajstić information content (AvgIpc) is 2.76. The van der Waals surface area contributed by atoms with E-state index >= 15 is 0 Å². The first-order valence-electron chi connectivity index (χ1n) is 7.15. The maximum atomic E-state index is 3.49. The smallest absolute Gasteiger partial charge is 0.00760 e. The lowest BCUT2D eigenvalue weighted by Gasteiger charge is -2.27. The van der Waals surface area contributed by atoms with E-state index in [4.69, 9.17) is 0 Å². The summed E-state index contributed by atoms with van der Waals surface area (Å²) in [5.41, 5.74) is 0. The molecule has 1 rings (SSSR count). The third kappa shape index (κ3) is 5.31. The van der Waals surface area contributed by atoms with Crippen LogP contribution in [0.25, 0.3) is 0 Å². The van der Waals surface area contributed by atoms with Crippen molar-refractivity contribution in [2.45, 2.75) is 58.4 Å². The van der Waals surface area contributed by atoms with E-state index in [0.717, 1.165) is 12.0 Å². The summed E-state index contributed by atoms with van der Waals surface area (Å²) in [4.78, 5) is 2.56. The second-order valence-electron chi connectivity index (χ2n) is 5.48. The van der Waals surface area contributed by atoms with Crippen molar-refractivity contribution in [3.05, 3.63) is 0 Å². The number of hydrogen-bond acceptors (Lipinski definition) is 2. The Balaban J connectivity index is 2.06. The van der Waals surface area contributed by atoms with Crippen molar-refractivity contribution in [1.82, 2.24) is 10.2 Å². The monoisotopic (exact) mass is 226 g/mol. The summed E-state index contributed by atoms with van der Waals surface area (Å²) in [6.07, 6.45) is 8.38. The van der Waals surface area contributed by atoms with Gasteiger partial charge in [0, 0.05) is 12.6 Å². The Hall–Kier alpha value is -0.0800. The fourth-order valence-corrected chi connectivity index (χ4v) is 2.61. The second-order valence-corrected chi connectivity index (χ2v) is 5.48. The molecule has 1 saturated carbocycles. The summed E-state index contributed by atoms with van der Waals surface area (Å²) in [5, 5.41) is 3.49. The van der Waals surface area contributed by atoms with Gasteiger partial charge in [-0.15, -0.1) is 0 Å². The van der Waals surface area contributed by atoms with Gasteiger partial charge in [0.1, 0.15) is 0 Å². The lowest BCUT2D eigenvalue weighted by molar-refractivity contribution is 0.209. The highest BCUT2D eigenvalue weighted by atomic mass is 15.1. The molecule has 0 amide bonds. The molecular weight excluding hydrogens is 196 g/mol. The lowest BCUT2D eigenvalue weighted by atomic mass is 10.1. The molecule has 0 aliphatic heterocycles. The van der Waals surface area contributed by atoms with Gasteiger partial charge in [0.15, 0.2) is 0 Å². The van der Waals surface area contributed by atoms with Gasteiger partial charge in [-0.2, -0.15) is 0 Å². The van der Waals surface area contributed by atoms with E-state index in [1.807, 2.05) is 0 Å². The quantitative estimate of drug-likeness (QED) is 0.640. The van der Waals surface area contributed by atoms with Gasteiger partial charge in [0.25, 0.3) is 0 Å². The molecule has 0 aromatic heterocycles. The van der Waals surface area contributed by atoms with E-state index in [0.29, 0.717) is 0 Å². The van der Waals surface area contributed by atoms with Crippen molar-refractivity contribution in [2.24, 2.45) is 5.92 Å². The minimum absolute atomic E-state index is 0.727. The van der Waals surface area contributed by atoms with E-state index in [1.165, 1.54) is 58.2 Å². The standard InChI is InChI=1S/C14H30N2/c1-4-10-15-11-9-13(2)16(3)12-14-7-5-6-8-14/h13-15H,4-12H2,1-3H3. The van der Waals surface area contributed by atoms with Crippen LogP contribution in [0.5, 0.6) is 0 Å². The summed E-state index contributed by atoms with van der Waals surface area (Å²) in [7, 11) is 2.29. The molecule has 1 unspecified atom stereocenters. The fourth-order valence-electron chi connectivity index (χ4n) is 2.61. The Morgan fingerprint density at radius 3 is 2.56 bits per heavy atom. The second kappa shape index (κ2) is 8.08. The molecule has 2 heteroatoms. The van der Waals surface area contributed by atoms with E-state index in [1.54, 1.807) is 0 Å². The molecule has 2 nitrogen and oxygen atoms in total. The third-order valence-corrected chi connectivity index (χ3v) is 3.94. The van der Waals surface area contributed by atoms with Crippen LogP contribution < -0.4 is 5.32 Å². The molecule has 1 aliphatic rings. The van der Waals surface area contributed by atoms with Crippen molar-refractivity contribution in [2.75, 3.05) is 26.7 Å². The van der Waals surface area contributed by atoms with Crippen LogP contribution in [0, 0.1) is 5.92 Å². The van der Waals surface area contributed by atoms with Crippen molar-refractivity contribution < 1.29 is 0 Å². The number of nitrogens with zero attached hydrogens (tertiary/aromatic N) is 1. The van der Waals surface area contributed by atoms with E-state index < -0.39 is 0 Å². The summed E-state index contributed by atoms with van der Waals surface area (Å²) < 4.78 is 0. The molecule has 0 radical (unpaired) electrons. The van der Waals surface area contributed by atoms with Crippen molar-refractivity contribution in [3.63, 3.8) is 0 Å². The van der Waals surface area contributed by atoms with Crippen LogP contribution >= 0.6 is 0 Å². The van der Waals surface area contributed by atoms with Gasteiger partial charge in [-0.25, -0.2) is 0 Å². The minimum atomic E-state index is 0.727. The predicted octanol–water partition coefficient (Wildman–Crippen LogP) is 2.89. The van der Waals surface area contributed by atoms with E-state index in [-0.39, 0.29) is 0 Å². The zero-order valence-corrected chi connectivity index (χ0v) is 11.5. The molecule has 0 spiro atoms. The minimum Gasteiger partial charge on any atom is -0.317 e. The van der Waals surface area contributed by atoms with Crippen molar-refractivity contribution in [1.29, 1.82) is 0 Å². The number of hydrogen-bond donors (Lipinski definition) is 1. The largest absolute Gasteiger partial charge is 0.317 e. The Labute approximate surface area is 102 Å². The summed E-state index contributed by atoms with van der Waals surface area (Å²) >= 11 is 0. The van der Waals surface area contributed by atoms with Crippen molar-refractivity contribution in [3.8, 4) is 0 Å². The van der Waals surface area contributed by atoms with Gasteiger partial charge in [-0.05, 0) is 58.7 Å². The maximum Gasteiger partial charge on any atom is 0.00760 e. The molecule has 0 saturated heterocycles. The van der Waals surface area contributed by atoms with Crippen LogP contribution in [0.3, 0.4) is 0 Å². The van der Waals surface area contributed by atoms with E-state index in [9.17, 15) is 0 Å². The molecule has 1 fully saturated rings. The molecular formula is C14H30N2. The molecule has 0 aromatic carbocycles. The molecule has 1 atom stereocenters. The first kappa shape index (κ1) is 14.0. The van der Waals surface area contributed by atoms with Gasteiger partial charge in [-0.1, -0.05) is 19.8 Å². The van der Waals surface area contributed by atoms with Gasteiger partial charge < -0.3 is 10.2 Å². The highest BCUT2D eigenvalue weighted by Gasteiger charge is 2.18. The van der Waals surface area contributed by atoms with Crippen LogP contribution in [-0.4, -0.2) is 37.6 Å². The van der Waals surface area contributed by atoms with Crippen LogP contribution in [0.2, 0.25) is 0 Å². The zero-order valence-electron chi connectivity index (χ0n) is 11.5. The molecule has 0 aromatic rings. The van der Waals surface area contributed by atoms with Gasteiger partial charge in [-0.3, -0.25) is 0 Å². The van der Waals surface area contributed by atoms with E-state index in [2.05, 4.69) is 31.1 Å². The van der Waals surface area contributed by atoms with Crippen LogP contribution in [-0.2, 0) is 0 Å². The molecule has 0 bridgehead atoms. The van der Waals surface area contributed by atoms with Crippen LogP contribution in [0.1, 0.15) is 52.4 Å². The number of rotatable bonds is 8. The van der Waals surface area contributed by atoms with Gasteiger partial charge >= 0.3 is 0 Å². The number of nitrogens with one attached hydrogen (secondary N) is 1. The summed E-state index contributed by atoms with van der Waals surface area (Å²) in [5.74, 6) is 0.982. The lowest BCUT2D eigenvalue weighted by Crippen LogP contribution is -2.35. The fraction of sp³-hybridized carbons (Fsp3) is 1.00. The Morgan fingerprint density at radius 2 is 1.94 bits per heavy atom. The van der Waals surface area contributed by atoms with Crippen molar-refractivity contribution >= 4 is 0 Å². The molecule has 1 aliphatic carbocycles. The highest BCUT2D eigenvalue weighted by Crippen LogP contribution is 2.25. The maximum absolute atomic E-state index is 3.49. The first-order chi connectivity index (χ1) is 7.74. The molecule has 96 valence electrons. The van der Waals surface area contributed by atoms with Gasteiger partial charge in [0.2, 0.25) is 0 Å². The van der Waals surface area contributed by atoms with Gasteiger partial charge in [0.05, 0.1) is 0 Å². The highest BCUT2D eigenvalue weighted by molar-refractivity contribution is 4.73. The third-order valence-electron chi connectivity index (χ3n) is 3.94. The van der Waals surface area contributed by atoms with Crippen LogP contribution in [0.15, 0.2) is 0 Å². The summed E-state index contributed by atoms with van der Waals surface area (Å²) in [6.45, 7) is 8.24. The normalized spacial score (nSPS) is 19.5. The summed E-state index contributed by atoms with van der Waals surface area (Å²) in [6, 6.07) is 0.727. The Bertz CT molecular complexity index is 164. The average molecular weight is 226 g/mol. The molecule has 1 N–H and O–H groups in total. The molecule has 0 heterocycles. The SMILES string of the molecule is CCCNCCC(C)N(C)CC1CCCC1. The topological polar surface area (TPSA) is 15.3 Å². The Morgan fingerprint density at radius 1 is 1.25 bits per heavy atom. The Kier molecular flexibility index (Phi) is 7.06. The van der Waals surface area contributed by atoms with Crippen LogP contribution in [0.4, 0.5) is 0 Å². The molecule has 16 heavy (non-hydrogen) atoms. The predicted molar refractivity (Wildman–Crippen MR) is 71.8 cm³/mol. The zero-order chi connectivity index (χ0) is 11.8.